The van der Waals surface area contributed by atoms with Crippen LogP contribution >= 0.6 is 0 Å². The number of rotatable bonds is 6. The highest BCUT2D eigenvalue weighted by atomic mass is 19.1. The Kier molecular flexibility index (Phi) is 6.26. The summed E-state index contributed by atoms with van der Waals surface area (Å²) in [4.78, 5) is 28.1. The minimum Gasteiger partial charge on any atom is -0.442 e. The van der Waals surface area contributed by atoms with Crippen LogP contribution in [0.3, 0.4) is 0 Å². The predicted molar refractivity (Wildman–Crippen MR) is 107 cm³/mol. The lowest BCUT2D eigenvalue weighted by Gasteiger charge is -2.39. The van der Waals surface area contributed by atoms with E-state index in [1.807, 2.05) is 23.9 Å². The molecule has 3 rings (SSSR count). The second-order valence-electron chi connectivity index (χ2n) is 8.06. The van der Waals surface area contributed by atoms with Crippen LogP contribution < -0.4 is 15.1 Å². The highest BCUT2D eigenvalue weighted by Gasteiger charge is 2.36. The summed E-state index contributed by atoms with van der Waals surface area (Å²) in [6, 6.07) is 4.59. The minimum absolute atomic E-state index is 0.209. The Hall–Kier alpha value is -2.42. The van der Waals surface area contributed by atoms with Gasteiger partial charge >= 0.3 is 6.09 Å². The molecule has 2 aliphatic rings. The molecule has 1 N–H and O–H groups in total. The molecule has 1 aromatic rings. The third-order valence-corrected chi connectivity index (χ3v) is 5.30. The van der Waals surface area contributed by atoms with Crippen LogP contribution in [-0.2, 0) is 9.53 Å². The van der Waals surface area contributed by atoms with Gasteiger partial charge in [-0.2, -0.15) is 0 Å². The zero-order valence-electron chi connectivity index (χ0n) is 17.1. The number of nitrogens with one attached hydrogen (secondary N) is 1. The summed E-state index contributed by atoms with van der Waals surface area (Å²) in [7, 11) is 3.69. The number of halogens is 2. The molecule has 0 spiro atoms. The van der Waals surface area contributed by atoms with Crippen molar-refractivity contribution in [3.8, 4) is 0 Å². The minimum atomic E-state index is -1.25. The maximum Gasteiger partial charge on any atom is 0.414 e. The van der Waals surface area contributed by atoms with E-state index < -0.39 is 23.7 Å². The molecule has 0 unspecified atom stereocenters. The fourth-order valence-corrected chi connectivity index (χ4v) is 3.89. The van der Waals surface area contributed by atoms with Crippen LogP contribution in [-0.4, -0.2) is 75.5 Å². The highest BCUT2D eigenvalue weighted by molar-refractivity contribution is 5.90. The van der Waals surface area contributed by atoms with Crippen molar-refractivity contribution in [2.24, 2.45) is 0 Å². The summed E-state index contributed by atoms with van der Waals surface area (Å²) in [5.41, 5.74) is -0.451. The van der Waals surface area contributed by atoms with Crippen LogP contribution in [0.4, 0.5) is 25.0 Å². The average Bonchev–Trinajstić information content (AvgIpc) is 3.01. The molecule has 0 saturated carbocycles. The molecule has 0 aliphatic carbocycles. The number of cyclic esters (lactones) is 1. The number of benzene rings is 1. The molecule has 7 nitrogen and oxygen atoms in total. The standard InChI is InChI=1S/C20H28F2N4O3/c1-14(27)23-11-16-12-26(19(28)29-16)15-4-5-18(17(21)10-15)25-8-6-20(22,7-9-25)13-24(2)3/h4-5,10,16H,6-9,11-13H2,1-3H3,(H,23,27)/t16-/m0/s1. The lowest BCUT2D eigenvalue weighted by atomic mass is 9.92. The van der Waals surface area contributed by atoms with Gasteiger partial charge in [0.25, 0.3) is 0 Å². The number of alkyl halides is 1. The first-order chi connectivity index (χ1) is 13.7. The van der Waals surface area contributed by atoms with E-state index in [4.69, 9.17) is 4.74 Å². The number of carbonyl (C=O) groups excluding carboxylic acids is 2. The van der Waals surface area contributed by atoms with Crippen molar-refractivity contribution in [3.05, 3.63) is 24.0 Å². The number of piperidine rings is 1. The van der Waals surface area contributed by atoms with Gasteiger partial charge in [-0.05, 0) is 32.3 Å². The zero-order chi connectivity index (χ0) is 21.2. The highest BCUT2D eigenvalue weighted by Crippen LogP contribution is 2.33. The van der Waals surface area contributed by atoms with E-state index in [9.17, 15) is 18.4 Å². The van der Waals surface area contributed by atoms with E-state index >= 15 is 0 Å². The Bertz CT molecular complexity index is 766. The molecule has 0 aromatic heterocycles. The molecule has 2 aliphatic heterocycles. The molecular formula is C20H28F2N4O3. The molecule has 9 heteroatoms. The molecule has 1 aromatic carbocycles. The van der Waals surface area contributed by atoms with Crippen molar-refractivity contribution in [2.45, 2.75) is 31.5 Å². The smallest absolute Gasteiger partial charge is 0.414 e. The topological polar surface area (TPSA) is 65.1 Å². The van der Waals surface area contributed by atoms with Crippen molar-refractivity contribution in [3.63, 3.8) is 0 Å². The van der Waals surface area contributed by atoms with Gasteiger partial charge in [0.15, 0.2) is 0 Å². The number of ether oxygens (including phenoxy) is 1. The van der Waals surface area contributed by atoms with Crippen molar-refractivity contribution in [2.75, 3.05) is 56.6 Å². The molecular weight excluding hydrogens is 382 g/mol. The van der Waals surface area contributed by atoms with Crippen molar-refractivity contribution in [1.29, 1.82) is 0 Å². The summed E-state index contributed by atoms with van der Waals surface area (Å²) in [5.74, 6) is -0.668. The van der Waals surface area contributed by atoms with Crippen molar-refractivity contribution >= 4 is 23.4 Å². The molecule has 2 amide bonds. The molecule has 2 saturated heterocycles. The fourth-order valence-electron chi connectivity index (χ4n) is 3.89. The number of anilines is 2. The van der Waals surface area contributed by atoms with E-state index in [0.29, 0.717) is 43.9 Å². The van der Waals surface area contributed by atoms with Gasteiger partial charge in [-0.15, -0.1) is 0 Å². The maximum absolute atomic E-state index is 14.8. The maximum atomic E-state index is 14.8. The lowest BCUT2D eigenvalue weighted by Crippen LogP contribution is -2.47. The SMILES string of the molecule is CC(=O)NC[C@H]1CN(c2ccc(N3CCC(F)(CN(C)C)CC3)c(F)c2)C(=O)O1. The molecule has 29 heavy (non-hydrogen) atoms. The molecule has 1 atom stereocenters. The van der Waals surface area contributed by atoms with Crippen LogP contribution in [0.5, 0.6) is 0 Å². The van der Waals surface area contributed by atoms with Crippen molar-refractivity contribution < 1.29 is 23.1 Å². The Balaban J connectivity index is 1.64. The van der Waals surface area contributed by atoms with E-state index in [1.54, 1.807) is 12.1 Å². The summed E-state index contributed by atoms with van der Waals surface area (Å²) in [6.45, 7) is 3.06. The quantitative estimate of drug-likeness (QED) is 0.779. The summed E-state index contributed by atoms with van der Waals surface area (Å²) in [6.07, 6.45) is -0.368. The first-order valence-corrected chi connectivity index (χ1v) is 9.77. The van der Waals surface area contributed by atoms with Gasteiger partial charge < -0.3 is 19.9 Å². The van der Waals surface area contributed by atoms with Crippen LogP contribution in [0, 0.1) is 5.82 Å². The second-order valence-corrected chi connectivity index (χ2v) is 8.06. The van der Waals surface area contributed by atoms with Crippen LogP contribution in [0.25, 0.3) is 0 Å². The molecule has 2 heterocycles. The average molecular weight is 410 g/mol. The van der Waals surface area contributed by atoms with Gasteiger partial charge in [-0.3, -0.25) is 9.69 Å². The van der Waals surface area contributed by atoms with E-state index in [-0.39, 0.29) is 19.0 Å². The number of hydrogen-bond donors (Lipinski definition) is 1. The number of carbonyl (C=O) groups is 2. The normalized spacial score (nSPS) is 21.4. The van der Waals surface area contributed by atoms with Gasteiger partial charge in [0.1, 0.15) is 17.6 Å². The predicted octanol–water partition coefficient (Wildman–Crippen LogP) is 2.16. The molecule has 2 fully saturated rings. The molecule has 0 bridgehead atoms. The largest absolute Gasteiger partial charge is 0.442 e. The Labute approximate surface area is 169 Å². The first kappa shape index (κ1) is 21.3. The van der Waals surface area contributed by atoms with Crippen LogP contribution in [0.2, 0.25) is 0 Å². The first-order valence-electron chi connectivity index (χ1n) is 9.77. The summed E-state index contributed by atoms with van der Waals surface area (Å²) < 4.78 is 34.8. The fraction of sp³-hybridized carbons (Fsp3) is 0.600. The van der Waals surface area contributed by atoms with Gasteiger partial charge in [-0.25, -0.2) is 13.6 Å². The van der Waals surface area contributed by atoms with Crippen LogP contribution in [0.15, 0.2) is 18.2 Å². The third kappa shape index (κ3) is 5.14. The molecule has 0 radical (unpaired) electrons. The third-order valence-electron chi connectivity index (χ3n) is 5.30. The Morgan fingerprint density at radius 3 is 2.62 bits per heavy atom. The number of amides is 2. The summed E-state index contributed by atoms with van der Waals surface area (Å²) >= 11 is 0. The van der Waals surface area contributed by atoms with Gasteiger partial charge in [-0.1, -0.05) is 0 Å². The van der Waals surface area contributed by atoms with E-state index in [1.165, 1.54) is 17.9 Å². The summed E-state index contributed by atoms with van der Waals surface area (Å²) in [5, 5.41) is 2.60. The Morgan fingerprint density at radius 2 is 2.03 bits per heavy atom. The van der Waals surface area contributed by atoms with Gasteiger partial charge in [0, 0.05) is 39.4 Å². The number of hydrogen-bond acceptors (Lipinski definition) is 5. The van der Waals surface area contributed by atoms with Gasteiger partial charge in [0.2, 0.25) is 5.91 Å². The van der Waals surface area contributed by atoms with E-state index in [0.717, 1.165) is 0 Å². The van der Waals surface area contributed by atoms with Crippen molar-refractivity contribution in [1.82, 2.24) is 10.2 Å². The lowest BCUT2D eigenvalue weighted by molar-refractivity contribution is -0.119. The zero-order valence-corrected chi connectivity index (χ0v) is 17.1. The van der Waals surface area contributed by atoms with Crippen LogP contribution in [0.1, 0.15) is 19.8 Å². The Morgan fingerprint density at radius 1 is 1.34 bits per heavy atom. The number of nitrogens with zero attached hydrogens (tertiary/aromatic N) is 3. The van der Waals surface area contributed by atoms with Gasteiger partial charge in [0.05, 0.1) is 24.5 Å². The monoisotopic (exact) mass is 410 g/mol. The molecule has 160 valence electrons. The second kappa shape index (κ2) is 8.52. The van der Waals surface area contributed by atoms with E-state index in [2.05, 4.69) is 5.32 Å².